The summed E-state index contributed by atoms with van der Waals surface area (Å²) >= 11 is 11.5. The molecule has 0 aliphatic heterocycles. The number of hydrogen-bond donors (Lipinski definition) is 2. The number of hydrogen-bond acceptors (Lipinski definition) is 2. The Labute approximate surface area is 92.2 Å². The van der Waals surface area contributed by atoms with Crippen LogP contribution in [0.4, 0.5) is 5.69 Å². The van der Waals surface area contributed by atoms with Gasteiger partial charge in [-0.2, -0.15) is 0 Å². The third-order valence-electron chi connectivity index (χ3n) is 1.57. The quantitative estimate of drug-likeness (QED) is 0.841. The fourth-order valence-corrected chi connectivity index (χ4v) is 1.23. The van der Waals surface area contributed by atoms with Crippen molar-refractivity contribution in [1.29, 1.82) is 0 Å². The molecule has 76 valence electrons. The Morgan fingerprint density at radius 1 is 1.36 bits per heavy atom. The van der Waals surface area contributed by atoms with Crippen molar-refractivity contribution in [2.24, 2.45) is 5.73 Å². The largest absolute Gasteiger partial charge is 0.330 e. The highest BCUT2D eigenvalue weighted by Crippen LogP contribution is 2.24. The average molecular weight is 233 g/mol. The number of benzene rings is 1. The first-order valence-corrected chi connectivity index (χ1v) is 4.84. The average Bonchev–Trinajstić information content (AvgIpc) is 2.12. The molecule has 0 spiro atoms. The highest BCUT2D eigenvalue weighted by atomic mass is 35.5. The normalized spacial score (nSPS) is 9.93. The van der Waals surface area contributed by atoms with Crippen molar-refractivity contribution in [2.75, 3.05) is 11.9 Å². The maximum atomic E-state index is 11.1. The molecule has 0 aliphatic carbocycles. The first kappa shape index (κ1) is 11.3. The van der Waals surface area contributed by atoms with E-state index in [4.69, 9.17) is 28.9 Å². The minimum Gasteiger partial charge on any atom is -0.330 e. The van der Waals surface area contributed by atoms with Gasteiger partial charge in [0.1, 0.15) is 0 Å². The number of amides is 1. The molecule has 0 bridgehead atoms. The first-order valence-electron chi connectivity index (χ1n) is 4.08. The van der Waals surface area contributed by atoms with Gasteiger partial charge in [0.2, 0.25) is 5.91 Å². The molecule has 0 aromatic heterocycles. The van der Waals surface area contributed by atoms with Crippen LogP contribution in [0.3, 0.4) is 0 Å². The third-order valence-corrected chi connectivity index (χ3v) is 2.31. The molecule has 0 radical (unpaired) electrons. The smallest absolute Gasteiger partial charge is 0.225 e. The monoisotopic (exact) mass is 232 g/mol. The van der Waals surface area contributed by atoms with Gasteiger partial charge < -0.3 is 11.1 Å². The molecule has 1 amide bonds. The summed E-state index contributed by atoms with van der Waals surface area (Å²) in [5, 5.41) is 3.52. The summed E-state index contributed by atoms with van der Waals surface area (Å²) in [5.74, 6) is -0.133. The number of carbonyl (C=O) groups excluding carboxylic acids is 1. The summed E-state index contributed by atoms with van der Waals surface area (Å²) in [6.45, 7) is 0.327. The lowest BCUT2D eigenvalue weighted by Gasteiger charge is -2.04. The van der Waals surface area contributed by atoms with Crippen molar-refractivity contribution >= 4 is 34.8 Å². The molecular formula is C9H10Cl2N2O. The van der Waals surface area contributed by atoms with Crippen LogP contribution in [0.5, 0.6) is 0 Å². The summed E-state index contributed by atoms with van der Waals surface area (Å²) in [4.78, 5) is 11.1. The van der Waals surface area contributed by atoms with E-state index in [9.17, 15) is 4.79 Å². The maximum Gasteiger partial charge on any atom is 0.225 e. The van der Waals surface area contributed by atoms with Gasteiger partial charge in [0.05, 0.1) is 10.0 Å². The number of halogens is 2. The summed E-state index contributed by atoms with van der Waals surface area (Å²) in [5.41, 5.74) is 5.85. The molecule has 1 aromatic rings. The minimum atomic E-state index is -0.133. The molecule has 14 heavy (non-hydrogen) atoms. The first-order chi connectivity index (χ1) is 6.63. The minimum absolute atomic E-state index is 0.133. The lowest BCUT2D eigenvalue weighted by atomic mass is 10.3. The Kier molecular flexibility index (Phi) is 4.20. The van der Waals surface area contributed by atoms with Crippen molar-refractivity contribution in [3.8, 4) is 0 Å². The van der Waals surface area contributed by atoms with Crippen LogP contribution < -0.4 is 11.1 Å². The molecule has 0 fully saturated rings. The van der Waals surface area contributed by atoms with Crippen molar-refractivity contribution < 1.29 is 4.79 Å². The summed E-state index contributed by atoms with van der Waals surface area (Å²) < 4.78 is 0. The summed E-state index contributed by atoms with van der Waals surface area (Å²) in [6, 6.07) is 4.91. The van der Waals surface area contributed by atoms with Gasteiger partial charge >= 0.3 is 0 Å². The van der Waals surface area contributed by atoms with Crippen molar-refractivity contribution in [3.05, 3.63) is 28.2 Å². The van der Waals surface area contributed by atoms with E-state index in [-0.39, 0.29) is 5.91 Å². The standard InChI is InChI=1S/C9H10Cl2N2O/c10-7-2-1-6(5-8(7)11)13-9(14)3-4-12/h1-2,5H,3-4,12H2,(H,13,14). The number of nitrogens with two attached hydrogens (primary N) is 1. The Bertz CT molecular complexity index is 342. The van der Waals surface area contributed by atoms with Crippen LogP contribution in [0.2, 0.25) is 10.0 Å². The van der Waals surface area contributed by atoms with E-state index in [2.05, 4.69) is 5.32 Å². The van der Waals surface area contributed by atoms with Crippen LogP contribution >= 0.6 is 23.2 Å². The topological polar surface area (TPSA) is 55.1 Å². The molecule has 1 aromatic carbocycles. The zero-order valence-electron chi connectivity index (χ0n) is 7.39. The van der Waals surface area contributed by atoms with Crippen LogP contribution in [-0.2, 0) is 4.79 Å². The van der Waals surface area contributed by atoms with E-state index in [1.165, 1.54) is 0 Å². The van der Waals surface area contributed by atoms with Crippen LogP contribution in [0.25, 0.3) is 0 Å². The number of rotatable bonds is 3. The van der Waals surface area contributed by atoms with Gasteiger partial charge in [0.15, 0.2) is 0 Å². The number of anilines is 1. The number of carbonyl (C=O) groups is 1. The molecule has 0 heterocycles. The molecular weight excluding hydrogens is 223 g/mol. The molecule has 3 N–H and O–H groups in total. The van der Waals surface area contributed by atoms with Gasteiger partial charge in [-0.05, 0) is 18.2 Å². The number of nitrogens with one attached hydrogen (secondary N) is 1. The second-order valence-electron chi connectivity index (χ2n) is 2.72. The van der Waals surface area contributed by atoms with E-state index in [0.717, 1.165) is 0 Å². The van der Waals surface area contributed by atoms with E-state index >= 15 is 0 Å². The fourth-order valence-electron chi connectivity index (χ4n) is 0.928. The van der Waals surface area contributed by atoms with Crippen LogP contribution in [0, 0.1) is 0 Å². The Morgan fingerprint density at radius 2 is 2.07 bits per heavy atom. The van der Waals surface area contributed by atoms with Crippen molar-refractivity contribution in [2.45, 2.75) is 6.42 Å². The summed E-state index contributed by atoms with van der Waals surface area (Å²) in [7, 11) is 0. The van der Waals surface area contributed by atoms with E-state index < -0.39 is 0 Å². The Hall–Kier alpha value is -0.770. The van der Waals surface area contributed by atoms with Crippen molar-refractivity contribution in [3.63, 3.8) is 0 Å². The van der Waals surface area contributed by atoms with E-state index in [0.29, 0.717) is 28.7 Å². The second kappa shape index (κ2) is 5.20. The third kappa shape index (κ3) is 3.18. The van der Waals surface area contributed by atoms with Crippen LogP contribution in [0.1, 0.15) is 6.42 Å². The lowest BCUT2D eigenvalue weighted by molar-refractivity contribution is -0.116. The van der Waals surface area contributed by atoms with Gasteiger partial charge in [-0.25, -0.2) is 0 Å². The Morgan fingerprint density at radius 3 is 2.64 bits per heavy atom. The molecule has 0 saturated carbocycles. The van der Waals surface area contributed by atoms with Crippen molar-refractivity contribution in [1.82, 2.24) is 0 Å². The molecule has 0 atom stereocenters. The van der Waals surface area contributed by atoms with Gasteiger partial charge in [-0.3, -0.25) is 4.79 Å². The fraction of sp³-hybridized carbons (Fsp3) is 0.222. The Balaban J connectivity index is 2.68. The van der Waals surface area contributed by atoms with E-state index in [1.54, 1.807) is 18.2 Å². The van der Waals surface area contributed by atoms with Crippen LogP contribution in [-0.4, -0.2) is 12.5 Å². The molecule has 3 nitrogen and oxygen atoms in total. The molecule has 0 aliphatic rings. The highest BCUT2D eigenvalue weighted by molar-refractivity contribution is 6.42. The second-order valence-corrected chi connectivity index (χ2v) is 3.53. The summed E-state index contributed by atoms with van der Waals surface area (Å²) in [6.07, 6.45) is 0.292. The molecule has 1 rings (SSSR count). The predicted molar refractivity (Wildman–Crippen MR) is 58.8 cm³/mol. The van der Waals surface area contributed by atoms with E-state index in [1.807, 2.05) is 0 Å². The maximum absolute atomic E-state index is 11.1. The highest BCUT2D eigenvalue weighted by Gasteiger charge is 2.02. The molecule has 0 unspecified atom stereocenters. The zero-order chi connectivity index (χ0) is 10.6. The zero-order valence-corrected chi connectivity index (χ0v) is 8.90. The van der Waals surface area contributed by atoms with Gasteiger partial charge in [-0.15, -0.1) is 0 Å². The van der Waals surface area contributed by atoms with Gasteiger partial charge in [-0.1, -0.05) is 23.2 Å². The molecule has 0 saturated heterocycles. The van der Waals surface area contributed by atoms with Crippen LogP contribution in [0.15, 0.2) is 18.2 Å². The van der Waals surface area contributed by atoms with Gasteiger partial charge in [0.25, 0.3) is 0 Å². The molecule has 5 heteroatoms. The SMILES string of the molecule is NCCC(=O)Nc1ccc(Cl)c(Cl)c1. The predicted octanol–water partition coefficient (Wildman–Crippen LogP) is 2.28. The lowest BCUT2D eigenvalue weighted by Crippen LogP contribution is -2.16. The van der Waals surface area contributed by atoms with Gasteiger partial charge in [0, 0.05) is 18.7 Å².